The van der Waals surface area contributed by atoms with Gasteiger partial charge in [-0.05, 0) is 30.9 Å². The second-order valence-electron chi connectivity index (χ2n) is 4.86. The lowest BCUT2D eigenvalue weighted by Crippen LogP contribution is -2.32. The molecule has 98 valence electrons. The highest BCUT2D eigenvalue weighted by Gasteiger charge is 2.19. The van der Waals surface area contributed by atoms with Gasteiger partial charge in [0.2, 0.25) is 0 Å². The number of hydrogen-bond acceptors (Lipinski definition) is 3. The monoisotopic (exact) mass is 256 g/mol. The maximum Gasteiger partial charge on any atom is 0.273 e. The van der Waals surface area contributed by atoms with Crippen molar-refractivity contribution in [3.63, 3.8) is 0 Å². The number of carbonyl (C=O) groups is 1. The van der Waals surface area contributed by atoms with Crippen LogP contribution in [0.2, 0.25) is 0 Å². The molecule has 1 N–H and O–H groups in total. The third kappa shape index (κ3) is 2.65. The van der Waals surface area contributed by atoms with Crippen molar-refractivity contribution in [1.29, 1.82) is 0 Å². The summed E-state index contributed by atoms with van der Waals surface area (Å²) < 4.78 is 0. The van der Waals surface area contributed by atoms with Crippen molar-refractivity contribution in [1.82, 2.24) is 20.3 Å². The zero-order valence-corrected chi connectivity index (χ0v) is 10.6. The second kappa shape index (κ2) is 5.22. The minimum absolute atomic E-state index is 0.144. The molecule has 0 bridgehead atoms. The highest BCUT2D eigenvalue weighted by molar-refractivity contribution is 5.91. The van der Waals surface area contributed by atoms with Gasteiger partial charge in [-0.1, -0.05) is 24.6 Å². The van der Waals surface area contributed by atoms with Gasteiger partial charge >= 0.3 is 0 Å². The van der Waals surface area contributed by atoms with Gasteiger partial charge in [0.05, 0.1) is 11.9 Å². The van der Waals surface area contributed by atoms with E-state index in [1.165, 1.54) is 30.3 Å². The summed E-state index contributed by atoms with van der Waals surface area (Å²) in [4.78, 5) is 13.4. The minimum Gasteiger partial charge on any atom is -0.350 e. The molecule has 3 rings (SSSR count). The largest absolute Gasteiger partial charge is 0.350 e. The first-order valence-corrected chi connectivity index (χ1v) is 6.59. The van der Waals surface area contributed by atoms with Crippen LogP contribution in [0.25, 0.3) is 5.69 Å². The SMILES string of the molecule is O=C(NCC1CCC1)c1cnn(-c2ccccc2)n1. The molecule has 1 aliphatic rings. The molecule has 5 nitrogen and oxygen atoms in total. The average Bonchev–Trinajstić information content (AvgIpc) is 2.87. The first-order valence-electron chi connectivity index (χ1n) is 6.59. The number of para-hydroxylation sites is 1. The first kappa shape index (κ1) is 11.9. The smallest absolute Gasteiger partial charge is 0.273 e. The van der Waals surface area contributed by atoms with Crippen molar-refractivity contribution in [3.8, 4) is 5.69 Å². The topological polar surface area (TPSA) is 59.8 Å². The Balaban J connectivity index is 1.65. The Labute approximate surface area is 111 Å². The zero-order valence-electron chi connectivity index (χ0n) is 10.6. The second-order valence-corrected chi connectivity index (χ2v) is 4.86. The van der Waals surface area contributed by atoms with E-state index in [1.54, 1.807) is 0 Å². The summed E-state index contributed by atoms with van der Waals surface area (Å²) in [6.45, 7) is 0.747. The van der Waals surface area contributed by atoms with E-state index in [4.69, 9.17) is 0 Å². The van der Waals surface area contributed by atoms with Gasteiger partial charge in [0.1, 0.15) is 0 Å². The average molecular weight is 256 g/mol. The van der Waals surface area contributed by atoms with Crippen LogP contribution in [0.4, 0.5) is 0 Å². The van der Waals surface area contributed by atoms with Crippen LogP contribution in [0, 0.1) is 5.92 Å². The molecule has 1 heterocycles. The van der Waals surface area contributed by atoms with Crippen LogP contribution in [-0.4, -0.2) is 27.4 Å². The van der Waals surface area contributed by atoms with Crippen LogP contribution in [0.1, 0.15) is 29.8 Å². The lowest BCUT2D eigenvalue weighted by molar-refractivity contribution is 0.0933. The number of rotatable bonds is 4. The maximum atomic E-state index is 11.9. The molecule has 1 amide bonds. The summed E-state index contributed by atoms with van der Waals surface area (Å²) >= 11 is 0. The Morgan fingerprint density at radius 2 is 2.11 bits per heavy atom. The number of benzene rings is 1. The molecule has 1 aliphatic carbocycles. The predicted octanol–water partition coefficient (Wildman–Crippen LogP) is 1.80. The van der Waals surface area contributed by atoms with E-state index in [1.807, 2.05) is 30.3 Å². The van der Waals surface area contributed by atoms with Crippen molar-refractivity contribution in [2.24, 2.45) is 5.92 Å². The standard InChI is InChI=1S/C14H16N4O/c19-14(15-9-11-5-4-6-11)13-10-16-18(17-13)12-7-2-1-3-8-12/h1-3,7-8,10-11H,4-6,9H2,(H,15,19). The van der Waals surface area contributed by atoms with Gasteiger partial charge in [-0.15, -0.1) is 5.10 Å². The molecular formula is C14H16N4O. The predicted molar refractivity (Wildman–Crippen MR) is 71.0 cm³/mol. The van der Waals surface area contributed by atoms with E-state index in [0.29, 0.717) is 11.6 Å². The maximum absolute atomic E-state index is 11.9. The van der Waals surface area contributed by atoms with Crippen molar-refractivity contribution in [2.75, 3.05) is 6.54 Å². The zero-order chi connectivity index (χ0) is 13.1. The molecule has 1 aromatic heterocycles. The molecule has 0 unspecified atom stereocenters. The quantitative estimate of drug-likeness (QED) is 0.907. The van der Waals surface area contributed by atoms with Crippen LogP contribution in [0.5, 0.6) is 0 Å². The van der Waals surface area contributed by atoms with E-state index in [0.717, 1.165) is 12.2 Å². The summed E-state index contributed by atoms with van der Waals surface area (Å²) in [5.41, 5.74) is 1.21. The minimum atomic E-state index is -0.144. The Kier molecular flexibility index (Phi) is 3.27. The van der Waals surface area contributed by atoms with Gasteiger partial charge in [-0.3, -0.25) is 4.79 Å². The highest BCUT2D eigenvalue weighted by Crippen LogP contribution is 2.25. The summed E-state index contributed by atoms with van der Waals surface area (Å²) in [6, 6.07) is 9.55. The van der Waals surface area contributed by atoms with Crippen molar-refractivity contribution >= 4 is 5.91 Å². The molecule has 0 spiro atoms. The van der Waals surface area contributed by atoms with E-state index in [2.05, 4.69) is 15.5 Å². The van der Waals surface area contributed by atoms with E-state index >= 15 is 0 Å². The Hall–Kier alpha value is -2.17. The number of aromatic nitrogens is 3. The molecule has 0 saturated heterocycles. The molecular weight excluding hydrogens is 240 g/mol. The molecule has 1 saturated carbocycles. The number of hydrogen-bond donors (Lipinski definition) is 1. The van der Waals surface area contributed by atoms with Crippen molar-refractivity contribution in [2.45, 2.75) is 19.3 Å². The molecule has 19 heavy (non-hydrogen) atoms. The molecule has 1 aromatic carbocycles. The molecule has 0 atom stereocenters. The summed E-state index contributed by atoms with van der Waals surface area (Å²) in [5.74, 6) is 0.502. The normalized spacial score (nSPS) is 14.9. The van der Waals surface area contributed by atoms with Gasteiger partial charge in [-0.25, -0.2) is 0 Å². The fraction of sp³-hybridized carbons (Fsp3) is 0.357. The van der Waals surface area contributed by atoms with Crippen molar-refractivity contribution in [3.05, 3.63) is 42.2 Å². The van der Waals surface area contributed by atoms with E-state index in [-0.39, 0.29) is 5.91 Å². The summed E-state index contributed by atoms with van der Waals surface area (Å²) in [7, 11) is 0. The number of nitrogens with one attached hydrogen (secondary N) is 1. The molecule has 1 fully saturated rings. The number of nitrogens with zero attached hydrogens (tertiary/aromatic N) is 3. The van der Waals surface area contributed by atoms with E-state index < -0.39 is 0 Å². The third-order valence-electron chi connectivity index (χ3n) is 3.49. The number of amides is 1. The molecule has 5 heteroatoms. The highest BCUT2D eigenvalue weighted by atomic mass is 16.2. The van der Waals surface area contributed by atoms with Crippen LogP contribution in [0.15, 0.2) is 36.5 Å². The summed E-state index contributed by atoms with van der Waals surface area (Å²) in [5, 5.41) is 11.2. The lowest BCUT2D eigenvalue weighted by atomic mass is 9.85. The number of carbonyl (C=O) groups excluding carboxylic acids is 1. The van der Waals surface area contributed by atoms with Crippen LogP contribution in [-0.2, 0) is 0 Å². The van der Waals surface area contributed by atoms with Crippen molar-refractivity contribution < 1.29 is 4.79 Å². The Bertz CT molecular complexity index is 560. The Morgan fingerprint density at radius 3 is 2.79 bits per heavy atom. The third-order valence-corrected chi connectivity index (χ3v) is 3.49. The fourth-order valence-electron chi connectivity index (χ4n) is 2.08. The lowest BCUT2D eigenvalue weighted by Gasteiger charge is -2.25. The van der Waals surface area contributed by atoms with Crippen LogP contribution < -0.4 is 5.32 Å². The molecule has 0 aliphatic heterocycles. The van der Waals surface area contributed by atoms with Crippen LogP contribution in [0.3, 0.4) is 0 Å². The Morgan fingerprint density at radius 1 is 1.32 bits per heavy atom. The van der Waals surface area contributed by atoms with Gasteiger partial charge in [0.25, 0.3) is 5.91 Å². The molecule has 0 radical (unpaired) electrons. The van der Waals surface area contributed by atoms with Gasteiger partial charge < -0.3 is 5.32 Å². The summed E-state index contributed by atoms with van der Waals surface area (Å²) in [6.07, 6.45) is 5.22. The van der Waals surface area contributed by atoms with Gasteiger partial charge in [-0.2, -0.15) is 9.90 Å². The molecule has 2 aromatic rings. The van der Waals surface area contributed by atoms with Gasteiger partial charge in [0, 0.05) is 6.54 Å². The van der Waals surface area contributed by atoms with Crippen LogP contribution >= 0.6 is 0 Å². The fourth-order valence-corrected chi connectivity index (χ4v) is 2.08. The van der Waals surface area contributed by atoms with E-state index in [9.17, 15) is 4.79 Å². The first-order chi connectivity index (χ1) is 9.33. The van der Waals surface area contributed by atoms with Gasteiger partial charge in [0.15, 0.2) is 5.69 Å².